The number of aliphatic hydroxyl groups excluding tert-OH is 1. The number of hydrogen-bond donors (Lipinski definition) is 9. The number of aldehydes is 1. The quantitative estimate of drug-likeness (QED) is 0.0234. The van der Waals surface area contributed by atoms with Gasteiger partial charge in [-0.25, -0.2) is 23.7 Å². The first kappa shape index (κ1) is 70.4. The Hall–Kier alpha value is -5.36. The molecule has 0 aliphatic carbocycles. The first-order chi connectivity index (χ1) is 40.1. The van der Waals surface area contributed by atoms with E-state index < -0.39 is 137 Å². The number of nitrogens with zero attached hydrogens (tertiary/aromatic N) is 1. The van der Waals surface area contributed by atoms with E-state index in [9.17, 15) is 43.8 Å². The lowest BCUT2D eigenvalue weighted by Crippen LogP contribution is -2.65. The van der Waals surface area contributed by atoms with Crippen molar-refractivity contribution in [1.82, 2.24) is 21.3 Å². The number of aliphatic hydroxyl groups is 2. The summed E-state index contributed by atoms with van der Waals surface area (Å²) < 4.78 is 67.3. The number of nitrogens with one attached hydrogen (secondary N) is 6. The molecular formula is C57H79Br2ClF2N8O15. The average Bonchev–Trinajstić information content (AvgIpc) is 1.66. The maximum Gasteiger partial charge on any atom is 0.412 e. The van der Waals surface area contributed by atoms with Crippen LogP contribution in [0.4, 0.5) is 35.4 Å². The normalized spacial score (nSPS) is 25.6. The molecule has 28 heteroatoms. The Kier molecular flexibility index (Phi) is 26.1. The lowest BCUT2D eigenvalue weighted by atomic mass is 9.83. The maximum atomic E-state index is 16.1. The number of carbonyl (C=O) groups excluding carboxylic acids is 7. The van der Waals surface area contributed by atoms with Crippen LogP contribution in [0.3, 0.4) is 0 Å². The van der Waals surface area contributed by atoms with Crippen LogP contribution >= 0.6 is 43.5 Å². The number of methoxy groups -OCH3 is 2. The van der Waals surface area contributed by atoms with E-state index in [1.807, 2.05) is 19.9 Å². The molecular weight excluding hydrogens is 1270 g/mol. The van der Waals surface area contributed by atoms with E-state index >= 15 is 8.78 Å². The van der Waals surface area contributed by atoms with Crippen LogP contribution in [0.1, 0.15) is 98.5 Å². The molecule has 10 N–H and O–H groups in total. The van der Waals surface area contributed by atoms with Gasteiger partial charge in [-0.2, -0.15) is 0 Å². The van der Waals surface area contributed by atoms with Crippen molar-refractivity contribution >= 4 is 103 Å². The van der Waals surface area contributed by atoms with Crippen LogP contribution < -0.4 is 47.3 Å². The second-order valence-corrected chi connectivity index (χ2v) is 23.6. The molecule has 0 radical (unpaired) electrons. The van der Waals surface area contributed by atoms with Gasteiger partial charge in [0.15, 0.2) is 12.0 Å². The lowest BCUT2D eigenvalue weighted by molar-refractivity contribution is -0.271. The Labute approximate surface area is 515 Å². The van der Waals surface area contributed by atoms with Crippen molar-refractivity contribution in [3.05, 3.63) is 70.3 Å². The number of fused-ring (bicyclic) bond motifs is 5. The second-order valence-electron chi connectivity index (χ2n) is 22.1. The molecule has 3 heterocycles. The fourth-order valence-electron chi connectivity index (χ4n) is 10.1. The van der Waals surface area contributed by atoms with Crippen molar-refractivity contribution in [3.63, 3.8) is 0 Å². The number of anilines is 3. The number of primary amides is 1. The van der Waals surface area contributed by atoms with Crippen LogP contribution in [0.25, 0.3) is 0 Å². The number of benzene rings is 2. The second kappa shape index (κ2) is 31.5. The average molecular weight is 1350 g/mol. The van der Waals surface area contributed by atoms with Crippen LogP contribution in [0.2, 0.25) is 5.02 Å². The molecule has 2 saturated heterocycles. The Balaban J connectivity index is 1.34. The SMILES string of the molecule is COc1cc2cc(c1Cl)N(C)C(=O)C[C@H](OC(=O)Nc1cc(F)c(NC(=O)[C@H](CCCNC(N)=O)NC(=O)[C@@H](NC(=O)CCCCC(C)OC(C=O)(CBr)CBr)C(C)C)cc1F)[C@]1(C)O[C@H]1[C@H](C)[C@@H]1C[C@@](O)(NC(O)O1)[C@H](OC)/C=C/C=C(\C)C2. The van der Waals surface area contributed by atoms with Gasteiger partial charge >= 0.3 is 12.1 Å². The molecule has 0 spiro atoms. The van der Waals surface area contributed by atoms with E-state index in [-0.39, 0.29) is 65.5 Å². The van der Waals surface area contributed by atoms with Gasteiger partial charge in [-0.15, -0.1) is 0 Å². The van der Waals surface area contributed by atoms with E-state index in [2.05, 4.69) is 63.8 Å². The Bertz CT molecular complexity index is 2780. The molecule has 2 aromatic carbocycles. The maximum absolute atomic E-state index is 16.1. The Morgan fingerprint density at radius 2 is 1.68 bits per heavy atom. The summed E-state index contributed by atoms with van der Waals surface area (Å²) >= 11 is 13.4. The fraction of sp³-hybridized carbons (Fsp3) is 0.596. The van der Waals surface area contributed by atoms with Crippen LogP contribution in [-0.2, 0) is 54.1 Å². The number of ether oxygens (including phenoxy) is 6. The summed E-state index contributed by atoms with van der Waals surface area (Å²) in [5, 5.41) is 38.3. The van der Waals surface area contributed by atoms with Crippen molar-refractivity contribution in [2.45, 2.75) is 165 Å². The molecule has 472 valence electrons. The number of nitrogens with two attached hydrogens (primary N) is 1. The highest BCUT2D eigenvalue weighted by molar-refractivity contribution is 9.10. The summed E-state index contributed by atoms with van der Waals surface area (Å²) in [6.45, 7) is 10.3. The first-order valence-electron chi connectivity index (χ1n) is 27.7. The topological polar surface area (TPSA) is 320 Å². The third-order valence-electron chi connectivity index (χ3n) is 15.1. The van der Waals surface area contributed by atoms with Crippen molar-refractivity contribution in [3.8, 4) is 5.75 Å². The van der Waals surface area contributed by atoms with Gasteiger partial charge in [-0.1, -0.05) is 94.5 Å². The van der Waals surface area contributed by atoms with Crippen LogP contribution in [-0.4, -0.2) is 157 Å². The molecule has 2 aromatic rings. The van der Waals surface area contributed by atoms with Crippen molar-refractivity contribution < 1.29 is 81.0 Å². The summed E-state index contributed by atoms with van der Waals surface area (Å²) in [6.07, 6.45) is -0.468. The standard InChI is InChI=1S/C57H79Br2ClF2N8O15/c1-30(2)48(68-45(72)18-11-10-15-32(4)84-56(27-58,28-59)29-71)51(75)65-37(16-13-19-64-52(63)76)50(74)66-38-23-36(62)39(24-35(38)61)67-53(77)83-44-25-46(73)70(7)40-21-34(22-41(80-8)47(40)60)20-31(3)14-12-17-43(81-9)57(79)26-42(82-54(78)69-57)33(5)49-55(44,6)85-49/h12,14,17,21-24,29-30,32-33,37,42-44,48-49,54,69,78-79H,10-11,13,15-16,18-20,25-28H2,1-9H3,(H,65,75)(H,66,74)(H,67,77)(H,68,72)(H3,63,64,76)/b17-12+,31-14+/t32?,33-,37+,42+,43-,44+,48+,49+,54?,55+,57+/m1/s1. The van der Waals surface area contributed by atoms with Gasteiger partial charge in [-0.05, 0) is 76.5 Å². The third kappa shape index (κ3) is 19.1. The number of unbranched alkanes of at least 4 members (excludes halogenated alkanes) is 1. The van der Waals surface area contributed by atoms with Crippen molar-refractivity contribution in [2.75, 3.05) is 54.0 Å². The molecule has 85 heavy (non-hydrogen) atoms. The van der Waals surface area contributed by atoms with E-state index in [1.165, 1.54) is 26.2 Å². The number of hydrogen-bond acceptors (Lipinski definition) is 16. The number of amides is 7. The predicted octanol–water partition coefficient (Wildman–Crippen LogP) is 6.51. The van der Waals surface area contributed by atoms with Crippen molar-refractivity contribution in [1.29, 1.82) is 0 Å². The van der Waals surface area contributed by atoms with Gasteiger partial charge in [0, 0.05) is 62.3 Å². The lowest BCUT2D eigenvalue weighted by Gasteiger charge is -2.44. The van der Waals surface area contributed by atoms with E-state index in [1.54, 1.807) is 52.0 Å². The highest BCUT2D eigenvalue weighted by Crippen LogP contribution is 2.49. The minimum Gasteiger partial charge on any atom is -0.495 e. The predicted molar refractivity (Wildman–Crippen MR) is 319 cm³/mol. The van der Waals surface area contributed by atoms with Crippen molar-refractivity contribution in [2.24, 2.45) is 17.6 Å². The molecule has 0 saturated carbocycles. The van der Waals surface area contributed by atoms with Gasteiger partial charge in [0.2, 0.25) is 30.0 Å². The fourth-order valence-corrected chi connectivity index (χ4v) is 11.9. The number of carbonyl (C=O) groups is 7. The number of allylic oxidation sites excluding steroid dienone is 3. The monoisotopic (exact) mass is 1350 g/mol. The minimum absolute atomic E-state index is 0.0228. The number of urea groups is 1. The molecule has 5 rings (SSSR count). The third-order valence-corrected chi connectivity index (χ3v) is 17.4. The van der Waals surface area contributed by atoms with E-state index in [0.29, 0.717) is 43.4 Å². The molecule has 23 nitrogen and oxygen atoms in total. The first-order valence-corrected chi connectivity index (χ1v) is 30.4. The zero-order chi connectivity index (χ0) is 63.1. The summed E-state index contributed by atoms with van der Waals surface area (Å²) in [5.41, 5.74) is 1.22. The van der Waals surface area contributed by atoms with E-state index in [4.69, 9.17) is 45.8 Å². The number of alkyl halides is 2. The molecule has 7 amide bonds. The molecule has 11 atom stereocenters. The van der Waals surface area contributed by atoms with Gasteiger partial charge in [0.1, 0.15) is 57.9 Å². The minimum atomic E-state index is -1.87. The van der Waals surface area contributed by atoms with Gasteiger partial charge in [0.05, 0.1) is 48.9 Å². The molecule has 2 fully saturated rings. The summed E-state index contributed by atoms with van der Waals surface area (Å²) in [6, 6.07) is 1.17. The largest absolute Gasteiger partial charge is 0.495 e. The van der Waals surface area contributed by atoms with Gasteiger partial charge in [-0.3, -0.25) is 24.5 Å². The van der Waals surface area contributed by atoms with Gasteiger partial charge < -0.3 is 75.3 Å². The highest BCUT2D eigenvalue weighted by atomic mass is 79.9. The zero-order valence-electron chi connectivity index (χ0n) is 49.0. The van der Waals surface area contributed by atoms with Crippen LogP contribution in [0.15, 0.2) is 48.1 Å². The summed E-state index contributed by atoms with van der Waals surface area (Å²) in [7, 11) is 4.28. The Morgan fingerprint density at radius 1 is 1.01 bits per heavy atom. The zero-order valence-corrected chi connectivity index (χ0v) is 52.9. The Morgan fingerprint density at radius 3 is 2.29 bits per heavy atom. The highest BCUT2D eigenvalue weighted by Gasteiger charge is 2.64. The van der Waals surface area contributed by atoms with Crippen LogP contribution in [0, 0.1) is 23.5 Å². The van der Waals surface area contributed by atoms with E-state index in [0.717, 1.165) is 11.9 Å². The van der Waals surface area contributed by atoms with Crippen LogP contribution in [0.5, 0.6) is 5.75 Å². The van der Waals surface area contributed by atoms with Gasteiger partial charge in [0.25, 0.3) is 0 Å². The summed E-state index contributed by atoms with van der Waals surface area (Å²) in [5.74, 6) is -6.21. The molecule has 3 aliphatic rings. The summed E-state index contributed by atoms with van der Waals surface area (Å²) in [4.78, 5) is 93.5. The number of epoxide rings is 1. The molecule has 3 aliphatic heterocycles. The molecule has 2 unspecified atom stereocenters. The smallest absolute Gasteiger partial charge is 0.412 e. The molecule has 4 bridgehead atoms. The number of halogens is 5. The number of rotatable bonds is 24. The molecule has 0 aromatic heterocycles.